The molecule has 4 heteroatoms. The van der Waals surface area contributed by atoms with Crippen molar-refractivity contribution in [2.45, 2.75) is 65.2 Å². The van der Waals surface area contributed by atoms with Gasteiger partial charge in [0, 0.05) is 6.42 Å². The van der Waals surface area contributed by atoms with Gasteiger partial charge in [-0.05, 0) is 19.3 Å². The lowest BCUT2D eigenvalue weighted by atomic mass is 10.0. The monoisotopic (exact) mass is 255 g/mol. The van der Waals surface area contributed by atoms with Gasteiger partial charge >= 0.3 is 0 Å². The van der Waals surface area contributed by atoms with E-state index < -0.39 is 5.91 Å². The van der Waals surface area contributed by atoms with Gasteiger partial charge in [0.05, 0.1) is 5.57 Å². The highest BCUT2D eigenvalue weighted by molar-refractivity contribution is 5.92. The van der Waals surface area contributed by atoms with Crippen molar-refractivity contribution in [2.75, 3.05) is 0 Å². The van der Waals surface area contributed by atoms with Crippen LogP contribution in [-0.2, 0) is 14.3 Å². The normalized spacial score (nSPS) is 11.9. The zero-order valence-electron chi connectivity index (χ0n) is 11.5. The Kier molecular flexibility index (Phi) is 10.0. The zero-order chi connectivity index (χ0) is 13.8. The van der Waals surface area contributed by atoms with E-state index >= 15 is 0 Å². The van der Waals surface area contributed by atoms with Crippen molar-refractivity contribution < 1.29 is 14.3 Å². The Labute approximate surface area is 110 Å². The molecule has 0 radical (unpaired) electrons. The number of carbonyl (C=O) groups is 2. The van der Waals surface area contributed by atoms with E-state index in [1.54, 1.807) is 0 Å². The Bertz CT molecular complexity index is 285. The molecule has 0 fully saturated rings. The molecular weight excluding hydrogens is 230 g/mol. The molecule has 1 amide bonds. The molecule has 104 valence electrons. The molecule has 18 heavy (non-hydrogen) atoms. The molecule has 0 aromatic carbocycles. The first-order chi connectivity index (χ1) is 8.67. The molecule has 0 aromatic heterocycles. The van der Waals surface area contributed by atoms with E-state index in [1.807, 2.05) is 0 Å². The first-order valence-corrected chi connectivity index (χ1v) is 6.79. The summed E-state index contributed by atoms with van der Waals surface area (Å²) in [7, 11) is 0. The molecule has 0 aliphatic heterocycles. The quantitative estimate of drug-likeness (QED) is 0.267. The number of rotatable bonds is 11. The van der Waals surface area contributed by atoms with E-state index in [2.05, 4.69) is 13.8 Å². The Morgan fingerprint density at radius 1 is 1.06 bits per heavy atom. The van der Waals surface area contributed by atoms with Crippen LogP contribution in [0.1, 0.15) is 65.2 Å². The van der Waals surface area contributed by atoms with Crippen molar-refractivity contribution in [3.63, 3.8) is 0 Å². The van der Waals surface area contributed by atoms with Crippen molar-refractivity contribution in [1.29, 1.82) is 0 Å². The molecular formula is C14H25NO3. The minimum absolute atomic E-state index is 0.379. The second-order valence-corrected chi connectivity index (χ2v) is 4.39. The maximum atomic E-state index is 11.4. The van der Waals surface area contributed by atoms with Crippen LogP contribution in [0.5, 0.6) is 0 Å². The minimum atomic E-state index is -0.473. The van der Waals surface area contributed by atoms with E-state index in [0.717, 1.165) is 38.5 Å². The maximum absolute atomic E-state index is 11.4. The summed E-state index contributed by atoms with van der Waals surface area (Å²) in [6, 6.07) is 0. The summed E-state index contributed by atoms with van der Waals surface area (Å²) in [6.07, 6.45) is 7.25. The SMILES string of the molecule is CCCCCC(OC=O)=C(CCCCC)C(N)=O. The van der Waals surface area contributed by atoms with Gasteiger partial charge in [0.1, 0.15) is 5.76 Å². The highest BCUT2D eigenvalue weighted by Crippen LogP contribution is 2.19. The third kappa shape index (κ3) is 7.09. The molecule has 0 saturated carbocycles. The summed E-state index contributed by atoms with van der Waals surface area (Å²) in [5, 5.41) is 0. The lowest BCUT2D eigenvalue weighted by Crippen LogP contribution is -2.17. The number of unbranched alkanes of at least 4 members (excludes halogenated alkanes) is 4. The van der Waals surface area contributed by atoms with Crippen LogP contribution in [0.15, 0.2) is 11.3 Å². The lowest BCUT2D eigenvalue weighted by molar-refractivity contribution is -0.125. The highest BCUT2D eigenvalue weighted by Gasteiger charge is 2.13. The van der Waals surface area contributed by atoms with Gasteiger partial charge in [-0.1, -0.05) is 39.5 Å². The van der Waals surface area contributed by atoms with E-state index in [0.29, 0.717) is 30.6 Å². The van der Waals surface area contributed by atoms with Crippen LogP contribution in [0.3, 0.4) is 0 Å². The Morgan fingerprint density at radius 3 is 2.06 bits per heavy atom. The van der Waals surface area contributed by atoms with Gasteiger partial charge in [-0.25, -0.2) is 0 Å². The van der Waals surface area contributed by atoms with E-state index in [9.17, 15) is 9.59 Å². The smallest absolute Gasteiger partial charge is 0.298 e. The van der Waals surface area contributed by atoms with Crippen LogP contribution in [-0.4, -0.2) is 12.4 Å². The van der Waals surface area contributed by atoms with Gasteiger partial charge in [-0.15, -0.1) is 0 Å². The molecule has 0 rings (SSSR count). The van der Waals surface area contributed by atoms with Crippen LogP contribution in [0.25, 0.3) is 0 Å². The standard InChI is InChI=1S/C14H25NO3/c1-3-5-7-9-12(14(15)17)13(18-11-16)10-8-6-4-2/h11H,3-10H2,1-2H3,(H2,15,17). The number of amides is 1. The van der Waals surface area contributed by atoms with Crippen LogP contribution in [0.4, 0.5) is 0 Å². The molecule has 0 aromatic rings. The summed E-state index contributed by atoms with van der Waals surface area (Å²) < 4.78 is 4.94. The first-order valence-electron chi connectivity index (χ1n) is 6.79. The Morgan fingerprint density at radius 2 is 1.61 bits per heavy atom. The molecule has 0 saturated heterocycles. The third-order valence-corrected chi connectivity index (χ3v) is 2.86. The second kappa shape index (κ2) is 10.8. The van der Waals surface area contributed by atoms with Crippen LogP contribution >= 0.6 is 0 Å². The van der Waals surface area contributed by atoms with Gasteiger partial charge in [-0.2, -0.15) is 0 Å². The largest absolute Gasteiger partial charge is 0.433 e. The molecule has 2 N–H and O–H groups in total. The summed E-state index contributed by atoms with van der Waals surface area (Å²) in [5.74, 6) is -0.0125. The predicted octanol–water partition coefficient (Wildman–Crippen LogP) is 3.06. The Balaban J connectivity index is 4.67. The number of hydrogen-bond donors (Lipinski definition) is 1. The fourth-order valence-electron chi connectivity index (χ4n) is 1.83. The zero-order valence-corrected chi connectivity index (χ0v) is 11.5. The fraction of sp³-hybridized carbons (Fsp3) is 0.714. The summed E-state index contributed by atoms with van der Waals surface area (Å²) >= 11 is 0. The van der Waals surface area contributed by atoms with Gasteiger partial charge < -0.3 is 10.5 Å². The van der Waals surface area contributed by atoms with Crippen molar-refractivity contribution >= 4 is 12.4 Å². The number of allylic oxidation sites excluding steroid dienone is 1. The molecule has 0 atom stereocenters. The van der Waals surface area contributed by atoms with Gasteiger partial charge in [0.15, 0.2) is 0 Å². The lowest BCUT2D eigenvalue weighted by Gasteiger charge is -2.10. The minimum Gasteiger partial charge on any atom is -0.433 e. The molecule has 0 heterocycles. The van der Waals surface area contributed by atoms with E-state index in [4.69, 9.17) is 10.5 Å². The van der Waals surface area contributed by atoms with Crippen molar-refractivity contribution in [1.82, 2.24) is 0 Å². The summed E-state index contributed by atoms with van der Waals surface area (Å²) in [5.41, 5.74) is 5.84. The average Bonchev–Trinajstić information content (AvgIpc) is 2.34. The van der Waals surface area contributed by atoms with Gasteiger partial charge in [0.2, 0.25) is 5.91 Å². The van der Waals surface area contributed by atoms with Gasteiger partial charge in [0.25, 0.3) is 6.47 Å². The topological polar surface area (TPSA) is 69.4 Å². The predicted molar refractivity (Wildman–Crippen MR) is 71.7 cm³/mol. The molecule has 0 aliphatic rings. The number of primary amides is 1. The molecule has 0 aliphatic carbocycles. The fourth-order valence-corrected chi connectivity index (χ4v) is 1.83. The summed E-state index contributed by atoms with van der Waals surface area (Å²) in [4.78, 5) is 21.9. The number of ether oxygens (including phenoxy) is 1. The van der Waals surface area contributed by atoms with E-state index in [1.165, 1.54) is 0 Å². The van der Waals surface area contributed by atoms with Crippen molar-refractivity contribution in [3.8, 4) is 0 Å². The van der Waals surface area contributed by atoms with Crippen LogP contribution in [0, 0.1) is 0 Å². The first kappa shape index (κ1) is 16.7. The third-order valence-electron chi connectivity index (χ3n) is 2.86. The highest BCUT2D eigenvalue weighted by atomic mass is 16.5. The second-order valence-electron chi connectivity index (χ2n) is 4.39. The number of hydrogen-bond acceptors (Lipinski definition) is 3. The molecule has 0 spiro atoms. The number of carbonyl (C=O) groups excluding carboxylic acids is 2. The van der Waals surface area contributed by atoms with E-state index in [-0.39, 0.29) is 0 Å². The van der Waals surface area contributed by atoms with Crippen LogP contribution in [0.2, 0.25) is 0 Å². The van der Waals surface area contributed by atoms with Gasteiger partial charge in [-0.3, -0.25) is 9.59 Å². The molecule has 0 unspecified atom stereocenters. The van der Waals surface area contributed by atoms with Crippen molar-refractivity contribution in [2.24, 2.45) is 5.73 Å². The molecule has 0 bridgehead atoms. The average molecular weight is 255 g/mol. The molecule has 4 nitrogen and oxygen atoms in total. The maximum Gasteiger partial charge on any atom is 0.298 e. The number of nitrogens with two attached hydrogens (primary N) is 1. The Hall–Kier alpha value is -1.32. The summed E-state index contributed by atoms with van der Waals surface area (Å²) in [6.45, 7) is 4.57. The van der Waals surface area contributed by atoms with Crippen molar-refractivity contribution in [3.05, 3.63) is 11.3 Å². The van der Waals surface area contributed by atoms with Crippen LogP contribution < -0.4 is 5.73 Å².